The maximum Gasteiger partial charge on any atom is 0.244 e. The summed E-state index contributed by atoms with van der Waals surface area (Å²) in [5.74, 6) is 0.0358. The summed E-state index contributed by atoms with van der Waals surface area (Å²) in [5.41, 5.74) is 0. The molecular formula is C11H15BrN2O3S. The molecule has 2 heterocycles. The van der Waals surface area contributed by atoms with E-state index in [1.165, 1.54) is 10.5 Å². The number of pyridine rings is 1. The summed E-state index contributed by atoms with van der Waals surface area (Å²) in [4.78, 5) is 4.07. The average Bonchev–Trinajstić information content (AvgIpc) is 2.39. The van der Waals surface area contributed by atoms with Crippen molar-refractivity contribution >= 4 is 26.0 Å². The number of piperidine rings is 1. The van der Waals surface area contributed by atoms with Crippen molar-refractivity contribution in [3.05, 3.63) is 22.9 Å². The van der Waals surface area contributed by atoms with Gasteiger partial charge in [-0.2, -0.15) is 4.31 Å². The fraction of sp³-hybridized carbons (Fsp3) is 0.545. The molecule has 1 aromatic heterocycles. The smallest absolute Gasteiger partial charge is 0.244 e. The molecule has 0 amide bonds. The first-order chi connectivity index (χ1) is 8.54. The van der Waals surface area contributed by atoms with E-state index in [0.29, 0.717) is 17.6 Å². The normalized spacial score (nSPS) is 22.0. The summed E-state index contributed by atoms with van der Waals surface area (Å²) in [7, 11) is -3.50. The number of aliphatic hydroxyl groups is 1. The number of aromatic nitrogens is 1. The Kier molecular flexibility index (Phi) is 4.37. The third kappa shape index (κ3) is 2.90. The maximum atomic E-state index is 12.4. The zero-order valence-electron chi connectivity index (χ0n) is 9.79. The van der Waals surface area contributed by atoms with Gasteiger partial charge >= 0.3 is 0 Å². The minimum absolute atomic E-state index is 0.0305. The zero-order valence-corrected chi connectivity index (χ0v) is 12.2. The highest BCUT2D eigenvalue weighted by atomic mass is 79.9. The number of aliphatic hydroxyl groups excluding tert-OH is 1. The van der Waals surface area contributed by atoms with Gasteiger partial charge in [0.2, 0.25) is 10.0 Å². The molecule has 1 saturated heterocycles. The van der Waals surface area contributed by atoms with Crippen molar-refractivity contribution in [3.63, 3.8) is 0 Å². The molecule has 0 unspecified atom stereocenters. The van der Waals surface area contributed by atoms with E-state index in [1.807, 2.05) is 0 Å². The van der Waals surface area contributed by atoms with Crippen LogP contribution in [0.4, 0.5) is 0 Å². The molecule has 1 aromatic rings. The quantitative estimate of drug-likeness (QED) is 0.902. The van der Waals surface area contributed by atoms with Crippen molar-refractivity contribution in [1.29, 1.82) is 0 Å². The number of rotatable bonds is 3. The summed E-state index contributed by atoms with van der Waals surface area (Å²) < 4.78 is 26.8. The first kappa shape index (κ1) is 13.9. The largest absolute Gasteiger partial charge is 0.396 e. The minimum atomic E-state index is -3.50. The number of hydrogen-bond acceptors (Lipinski definition) is 4. The van der Waals surface area contributed by atoms with Crippen molar-refractivity contribution in [2.24, 2.45) is 5.92 Å². The molecular weight excluding hydrogens is 320 g/mol. The lowest BCUT2D eigenvalue weighted by Gasteiger charge is -2.30. The van der Waals surface area contributed by atoms with E-state index in [4.69, 9.17) is 5.11 Å². The van der Waals surface area contributed by atoms with Gasteiger partial charge in [-0.3, -0.25) is 4.98 Å². The topological polar surface area (TPSA) is 70.5 Å². The lowest BCUT2D eigenvalue weighted by molar-refractivity contribution is 0.165. The van der Waals surface area contributed by atoms with Gasteiger partial charge in [-0.05, 0) is 40.8 Å². The summed E-state index contributed by atoms with van der Waals surface area (Å²) in [6, 6.07) is 1.55. The van der Waals surface area contributed by atoms with E-state index in [0.717, 1.165) is 12.8 Å². The number of halogens is 1. The van der Waals surface area contributed by atoms with Gasteiger partial charge in [0.05, 0.1) is 0 Å². The predicted octanol–water partition coefficient (Wildman–Crippen LogP) is 1.24. The number of nitrogens with zero attached hydrogens (tertiary/aromatic N) is 2. The first-order valence-corrected chi connectivity index (χ1v) is 7.99. The molecule has 1 atom stereocenters. The van der Waals surface area contributed by atoms with E-state index in [9.17, 15) is 8.42 Å². The molecule has 1 aliphatic rings. The van der Waals surface area contributed by atoms with Crippen molar-refractivity contribution in [2.45, 2.75) is 17.7 Å². The van der Waals surface area contributed by atoms with E-state index in [2.05, 4.69) is 20.9 Å². The highest BCUT2D eigenvalue weighted by molar-refractivity contribution is 9.10. The van der Waals surface area contributed by atoms with Crippen molar-refractivity contribution < 1.29 is 13.5 Å². The highest BCUT2D eigenvalue weighted by Gasteiger charge is 2.30. The van der Waals surface area contributed by atoms with E-state index < -0.39 is 10.0 Å². The molecule has 7 heteroatoms. The summed E-state index contributed by atoms with van der Waals surface area (Å²) in [6.07, 6.45) is 4.56. The fourth-order valence-corrected chi connectivity index (χ4v) is 4.14. The van der Waals surface area contributed by atoms with Crippen LogP contribution in [0.5, 0.6) is 0 Å². The molecule has 0 radical (unpaired) electrons. The van der Waals surface area contributed by atoms with Crippen LogP contribution in [0.25, 0.3) is 0 Å². The molecule has 1 fully saturated rings. The minimum Gasteiger partial charge on any atom is -0.396 e. The molecule has 0 bridgehead atoms. The molecule has 1 N–H and O–H groups in total. The van der Waals surface area contributed by atoms with E-state index >= 15 is 0 Å². The maximum absolute atomic E-state index is 12.4. The Morgan fingerprint density at radius 1 is 1.50 bits per heavy atom. The van der Waals surface area contributed by atoms with E-state index in [1.54, 1.807) is 12.3 Å². The second kappa shape index (κ2) is 5.64. The lowest BCUT2D eigenvalue weighted by atomic mass is 10.0. The van der Waals surface area contributed by atoms with Gasteiger partial charge in [-0.1, -0.05) is 0 Å². The average molecular weight is 335 g/mol. The number of hydrogen-bond donors (Lipinski definition) is 1. The van der Waals surface area contributed by atoms with Gasteiger partial charge in [0.25, 0.3) is 0 Å². The van der Waals surface area contributed by atoms with Crippen LogP contribution in [0.3, 0.4) is 0 Å². The van der Waals surface area contributed by atoms with Crippen molar-refractivity contribution in [1.82, 2.24) is 9.29 Å². The van der Waals surface area contributed by atoms with Crippen molar-refractivity contribution in [2.75, 3.05) is 19.7 Å². The van der Waals surface area contributed by atoms with Gasteiger partial charge in [0.1, 0.15) is 4.90 Å². The molecule has 18 heavy (non-hydrogen) atoms. The standard InChI is InChI=1S/C11H15BrN2O3S/c12-10-4-11(6-13-5-10)18(16,17)14-3-1-2-9(7-14)8-15/h4-6,9,15H,1-3,7-8H2/t9-/m0/s1. The van der Waals surface area contributed by atoms with Gasteiger partial charge in [0, 0.05) is 36.6 Å². The fourth-order valence-electron chi connectivity index (χ4n) is 2.08. The Bertz CT molecular complexity index is 521. The molecule has 0 aromatic carbocycles. The lowest BCUT2D eigenvalue weighted by Crippen LogP contribution is -2.40. The van der Waals surface area contributed by atoms with Crippen LogP contribution < -0.4 is 0 Å². The monoisotopic (exact) mass is 334 g/mol. The molecule has 0 spiro atoms. The van der Waals surface area contributed by atoms with Crippen LogP contribution >= 0.6 is 15.9 Å². The Balaban J connectivity index is 2.25. The third-order valence-electron chi connectivity index (χ3n) is 3.06. The summed E-state index contributed by atoms with van der Waals surface area (Å²) >= 11 is 3.22. The number of sulfonamides is 1. The zero-order chi connectivity index (χ0) is 13.2. The van der Waals surface area contributed by atoms with Gasteiger partial charge in [-0.25, -0.2) is 8.42 Å². The molecule has 0 saturated carbocycles. The van der Waals surface area contributed by atoms with Gasteiger partial charge in [-0.15, -0.1) is 0 Å². The van der Waals surface area contributed by atoms with Gasteiger partial charge in [0.15, 0.2) is 0 Å². The summed E-state index contributed by atoms with van der Waals surface area (Å²) in [6.45, 7) is 0.916. The van der Waals surface area contributed by atoms with Crippen LogP contribution in [-0.2, 0) is 10.0 Å². The van der Waals surface area contributed by atoms with Crippen LogP contribution in [-0.4, -0.2) is 42.5 Å². The molecule has 0 aliphatic carbocycles. The molecule has 1 aliphatic heterocycles. The second-order valence-electron chi connectivity index (χ2n) is 4.39. The van der Waals surface area contributed by atoms with Crippen molar-refractivity contribution in [3.8, 4) is 0 Å². The van der Waals surface area contributed by atoms with Gasteiger partial charge < -0.3 is 5.11 Å². The molecule has 100 valence electrons. The molecule has 5 nitrogen and oxygen atoms in total. The highest BCUT2D eigenvalue weighted by Crippen LogP contribution is 2.24. The van der Waals surface area contributed by atoms with Crippen LogP contribution in [0.15, 0.2) is 27.8 Å². The SMILES string of the molecule is O=S(=O)(c1cncc(Br)c1)N1CCC[C@H](CO)C1. The van der Waals surface area contributed by atoms with Crippen LogP contribution in [0, 0.1) is 5.92 Å². The van der Waals surface area contributed by atoms with Crippen LogP contribution in [0.1, 0.15) is 12.8 Å². The Morgan fingerprint density at radius 2 is 2.28 bits per heavy atom. The van der Waals surface area contributed by atoms with E-state index in [-0.39, 0.29) is 17.4 Å². The van der Waals surface area contributed by atoms with Crippen LogP contribution in [0.2, 0.25) is 0 Å². The Morgan fingerprint density at radius 3 is 2.94 bits per heavy atom. The predicted molar refractivity (Wildman–Crippen MR) is 70.5 cm³/mol. The molecule has 2 rings (SSSR count). The third-order valence-corrected chi connectivity index (χ3v) is 5.32. The Labute approximate surface area is 115 Å². The Hall–Kier alpha value is -0.500. The first-order valence-electron chi connectivity index (χ1n) is 5.75. The summed E-state index contributed by atoms with van der Waals surface area (Å²) in [5, 5.41) is 9.15. The second-order valence-corrected chi connectivity index (χ2v) is 7.25.